The molecule has 1 N–H and O–H groups in total. The first-order chi connectivity index (χ1) is 9.96. The first-order valence-corrected chi connectivity index (χ1v) is 9.16. The molecule has 1 fully saturated rings. The van der Waals surface area contributed by atoms with Crippen LogP contribution in [0.2, 0.25) is 0 Å². The summed E-state index contributed by atoms with van der Waals surface area (Å²) in [6.07, 6.45) is 3.54. The fourth-order valence-corrected chi connectivity index (χ4v) is 4.21. The zero-order chi connectivity index (χ0) is 15.5. The van der Waals surface area contributed by atoms with Crippen LogP contribution in [-0.4, -0.2) is 32.9 Å². The lowest BCUT2D eigenvalue weighted by Gasteiger charge is -2.30. The third-order valence-electron chi connectivity index (χ3n) is 4.39. The smallest absolute Gasteiger partial charge is 0.243 e. The normalized spacial score (nSPS) is 16.2. The molecule has 0 radical (unpaired) electrons. The highest BCUT2D eigenvalue weighted by molar-refractivity contribution is 7.89. The summed E-state index contributed by atoms with van der Waals surface area (Å²) in [4.78, 5) is 0.444. The molecule has 21 heavy (non-hydrogen) atoms. The van der Waals surface area contributed by atoms with Gasteiger partial charge >= 0.3 is 0 Å². The van der Waals surface area contributed by atoms with Crippen molar-refractivity contribution in [2.24, 2.45) is 5.92 Å². The number of sulfonamides is 1. The molecule has 2 rings (SSSR count). The molecule has 1 aliphatic rings. The van der Waals surface area contributed by atoms with Gasteiger partial charge in [-0.25, -0.2) is 12.7 Å². The van der Waals surface area contributed by atoms with E-state index in [1.165, 1.54) is 10.7 Å². The van der Waals surface area contributed by atoms with Gasteiger partial charge in [-0.3, -0.25) is 0 Å². The predicted octanol–water partition coefficient (Wildman–Crippen LogP) is 2.53. The van der Waals surface area contributed by atoms with E-state index in [1.54, 1.807) is 13.1 Å². The second-order valence-electron chi connectivity index (χ2n) is 5.90. The van der Waals surface area contributed by atoms with E-state index >= 15 is 0 Å². The number of nitrogens with zero attached hydrogens (tertiary/aromatic N) is 1. The van der Waals surface area contributed by atoms with Gasteiger partial charge in [0.15, 0.2) is 0 Å². The SMILES string of the molecule is CCNCc1cccc(S(=O)(=O)N(C)CC2CCC2)c1C. The van der Waals surface area contributed by atoms with Gasteiger partial charge in [-0.15, -0.1) is 0 Å². The van der Waals surface area contributed by atoms with Crippen LogP contribution < -0.4 is 5.32 Å². The zero-order valence-electron chi connectivity index (χ0n) is 13.2. The van der Waals surface area contributed by atoms with Crippen LogP contribution in [0, 0.1) is 12.8 Å². The number of rotatable bonds is 7. The van der Waals surface area contributed by atoms with Crippen molar-refractivity contribution >= 4 is 10.0 Å². The Morgan fingerprint density at radius 2 is 2.05 bits per heavy atom. The Balaban J connectivity index is 2.22. The van der Waals surface area contributed by atoms with Gasteiger partial charge in [-0.2, -0.15) is 0 Å². The van der Waals surface area contributed by atoms with Crippen molar-refractivity contribution in [3.05, 3.63) is 29.3 Å². The van der Waals surface area contributed by atoms with E-state index in [0.717, 1.165) is 30.5 Å². The average Bonchev–Trinajstić information content (AvgIpc) is 2.41. The second kappa shape index (κ2) is 6.90. The quantitative estimate of drug-likeness (QED) is 0.842. The van der Waals surface area contributed by atoms with Crippen molar-refractivity contribution in [1.82, 2.24) is 9.62 Å². The molecule has 1 aromatic carbocycles. The lowest BCUT2D eigenvalue weighted by atomic mass is 9.86. The van der Waals surface area contributed by atoms with Crippen molar-refractivity contribution in [3.8, 4) is 0 Å². The maximum absolute atomic E-state index is 12.8. The highest BCUT2D eigenvalue weighted by atomic mass is 32.2. The maximum Gasteiger partial charge on any atom is 0.243 e. The largest absolute Gasteiger partial charge is 0.313 e. The Labute approximate surface area is 128 Å². The summed E-state index contributed by atoms with van der Waals surface area (Å²) < 4.78 is 27.0. The molecule has 1 aliphatic carbocycles. The van der Waals surface area contributed by atoms with E-state index in [9.17, 15) is 8.42 Å². The van der Waals surface area contributed by atoms with Crippen LogP contribution in [-0.2, 0) is 16.6 Å². The number of hydrogen-bond donors (Lipinski definition) is 1. The molecule has 5 heteroatoms. The fourth-order valence-electron chi connectivity index (χ4n) is 2.70. The Bertz CT molecular complexity index is 580. The van der Waals surface area contributed by atoms with Gasteiger partial charge in [-0.05, 0) is 49.4 Å². The molecular formula is C16H26N2O2S. The minimum absolute atomic E-state index is 0.444. The molecule has 0 aromatic heterocycles. The van der Waals surface area contributed by atoms with Gasteiger partial charge in [0, 0.05) is 20.1 Å². The van der Waals surface area contributed by atoms with Crippen molar-refractivity contribution in [2.75, 3.05) is 20.1 Å². The Hall–Kier alpha value is -0.910. The van der Waals surface area contributed by atoms with Gasteiger partial charge < -0.3 is 5.32 Å². The van der Waals surface area contributed by atoms with Gasteiger partial charge in [-0.1, -0.05) is 25.5 Å². The number of nitrogens with one attached hydrogen (secondary N) is 1. The summed E-state index contributed by atoms with van der Waals surface area (Å²) in [6.45, 7) is 6.16. The second-order valence-corrected chi connectivity index (χ2v) is 7.92. The maximum atomic E-state index is 12.8. The molecule has 1 saturated carbocycles. The molecule has 0 bridgehead atoms. The van der Waals surface area contributed by atoms with E-state index in [0.29, 0.717) is 23.9 Å². The Morgan fingerprint density at radius 3 is 2.62 bits per heavy atom. The molecule has 0 saturated heterocycles. The van der Waals surface area contributed by atoms with E-state index in [4.69, 9.17) is 0 Å². The van der Waals surface area contributed by atoms with Crippen LogP contribution in [0.25, 0.3) is 0 Å². The van der Waals surface area contributed by atoms with Crippen LogP contribution in [0.1, 0.15) is 37.3 Å². The van der Waals surface area contributed by atoms with Crippen LogP contribution >= 0.6 is 0 Å². The van der Waals surface area contributed by atoms with Gasteiger partial charge in [0.2, 0.25) is 10.0 Å². The number of hydrogen-bond acceptors (Lipinski definition) is 3. The topological polar surface area (TPSA) is 49.4 Å². The highest BCUT2D eigenvalue weighted by Gasteiger charge is 2.28. The van der Waals surface area contributed by atoms with E-state index in [2.05, 4.69) is 5.32 Å². The molecule has 0 heterocycles. The van der Waals surface area contributed by atoms with E-state index in [1.807, 2.05) is 26.0 Å². The molecule has 0 spiro atoms. The molecular weight excluding hydrogens is 284 g/mol. The summed E-state index contributed by atoms with van der Waals surface area (Å²) in [5, 5.41) is 3.26. The van der Waals surface area contributed by atoms with E-state index < -0.39 is 10.0 Å². The summed E-state index contributed by atoms with van der Waals surface area (Å²) >= 11 is 0. The molecule has 0 atom stereocenters. The molecule has 0 aliphatic heterocycles. The van der Waals surface area contributed by atoms with Crippen LogP contribution in [0.15, 0.2) is 23.1 Å². The molecule has 4 nitrogen and oxygen atoms in total. The van der Waals surface area contributed by atoms with Crippen LogP contribution in [0.4, 0.5) is 0 Å². The first-order valence-electron chi connectivity index (χ1n) is 7.72. The monoisotopic (exact) mass is 310 g/mol. The zero-order valence-corrected chi connectivity index (χ0v) is 14.0. The highest BCUT2D eigenvalue weighted by Crippen LogP contribution is 2.29. The van der Waals surface area contributed by atoms with Crippen molar-refractivity contribution < 1.29 is 8.42 Å². The fraction of sp³-hybridized carbons (Fsp3) is 0.625. The third-order valence-corrected chi connectivity index (χ3v) is 6.36. The van der Waals surface area contributed by atoms with Gasteiger partial charge in [0.1, 0.15) is 0 Å². The molecule has 0 unspecified atom stereocenters. The van der Waals surface area contributed by atoms with Crippen molar-refractivity contribution in [3.63, 3.8) is 0 Å². The summed E-state index contributed by atoms with van der Waals surface area (Å²) in [5.74, 6) is 0.537. The van der Waals surface area contributed by atoms with Crippen molar-refractivity contribution in [1.29, 1.82) is 0 Å². The molecule has 0 amide bonds. The Kier molecular flexibility index (Phi) is 5.41. The minimum Gasteiger partial charge on any atom is -0.313 e. The molecule has 118 valence electrons. The lowest BCUT2D eigenvalue weighted by molar-refractivity contribution is 0.263. The summed E-state index contributed by atoms with van der Waals surface area (Å²) in [6, 6.07) is 5.55. The van der Waals surface area contributed by atoms with Crippen LogP contribution in [0.5, 0.6) is 0 Å². The van der Waals surface area contributed by atoms with Crippen molar-refractivity contribution in [2.45, 2.75) is 44.6 Å². The third kappa shape index (κ3) is 3.65. The average molecular weight is 310 g/mol. The summed E-state index contributed by atoms with van der Waals surface area (Å²) in [5.41, 5.74) is 1.91. The van der Waals surface area contributed by atoms with Gasteiger partial charge in [0.25, 0.3) is 0 Å². The number of benzene rings is 1. The minimum atomic E-state index is -3.38. The predicted molar refractivity (Wildman–Crippen MR) is 85.7 cm³/mol. The molecule has 1 aromatic rings. The first kappa shape index (κ1) is 16.5. The lowest BCUT2D eigenvalue weighted by Crippen LogP contribution is -2.34. The summed E-state index contributed by atoms with van der Waals surface area (Å²) in [7, 11) is -1.68. The van der Waals surface area contributed by atoms with Crippen LogP contribution in [0.3, 0.4) is 0 Å². The Morgan fingerprint density at radius 1 is 1.33 bits per heavy atom. The van der Waals surface area contributed by atoms with E-state index in [-0.39, 0.29) is 0 Å². The van der Waals surface area contributed by atoms with Gasteiger partial charge in [0.05, 0.1) is 4.90 Å². The standard InChI is InChI=1S/C16H26N2O2S/c1-4-17-11-15-9-6-10-16(13(15)2)21(19,20)18(3)12-14-7-5-8-14/h6,9-10,14,17H,4-5,7-8,11-12H2,1-3H3.